The molecule has 12 heavy (non-hydrogen) atoms. The molecule has 0 aromatic rings. The maximum absolute atomic E-state index is 11.1. The second-order valence-electron chi connectivity index (χ2n) is 4.36. The van der Waals surface area contributed by atoms with Gasteiger partial charge in [0.1, 0.15) is 0 Å². The number of hydrogen-bond donors (Lipinski definition) is 1. The molecular formula is C10H17NO. The first kappa shape index (κ1) is 9.30. The molecule has 0 bridgehead atoms. The Morgan fingerprint density at radius 2 is 2.08 bits per heavy atom. The molecule has 0 spiro atoms. The molecular weight excluding hydrogens is 150 g/mol. The zero-order valence-corrected chi connectivity index (χ0v) is 8.27. The number of amides is 1. The molecule has 2 nitrogen and oxygen atoms in total. The minimum absolute atomic E-state index is 0.0537. The smallest absolute Gasteiger partial charge is 0.243 e. The van der Waals surface area contributed by atoms with Gasteiger partial charge in [0.05, 0.1) is 0 Å². The third kappa shape index (κ3) is 1.68. The van der Waals surface area contributed by atoms with Gasteiger partial charge in [0.2, 0.25) is 5.91 Å². The normalized spacial score (nSPS) is 22.1. The maximum Gasteiger partial charge on any atom is 0.243 e. The van der Waals surface area contributed by atoms with Crippen LogP contribution in [0.25, 0.3) is 0 Å². The fourth-order valence-corrected chi connectivity index (χ4v) is 1.75. The van der Waals surface area contributed by atoms with E-state index in [1.165, 1.54) is 5.57 Å². The highest BCUT2D eigenvalue weighted by Crippen LogP contribution is 2.32. The van der Waals surface area contributed by atoms with Crippen molar-refractivity contribution in [2.45, 2.75) is 27.7 Å². The molecule has 0 radical (unpaired) electrons. The summed E-state index contributed by atoms with van der Waals surface area (Å²) in [7, 11) is 0. The van der Waals surface area contributed by atoms with Crippen molar-refractivity contribution in [3.63, 3.8) is 0 Å². The number of carbonyl (C=O) groups is 1. The largest absolute Gasteiger partial charge is 0.352 e. The van der Waals surface area contributed by atoms with E-state index in [1.54, 1.807) is 6.08 Å². The predicted octanol–water partition coefficient (Wildman–Crippen LogP) is 1.72. The Labute approximate surface area is 74.0 Å². The van der Waals surface area contributed by atoms with Crippen molar-refractivity contribution in [2.75, 3.05) is 6.54 Å². The van der Waals surface area contributed by atoms with Gasteiger partial charge < -0.3 is 5.32 Å². The molecule has 0 saturated carbocycles. The number of carbonyl (C=O) groups excluding carboxylic acids is 1. The van der Waals surface area contributed by atoms with Crippen molar-refractivity contribution in [1.82, 2.24) is 5.32 Å². The molecule has 1 aliphatic rings. The highest BCUT2D eigenvalue weighted by Gasteiger charge is 2.29. The third-order valence-electron chi connectivity index (χ3n) is 2.39. The van der Waals surface area contributed by atoms with E-state index in [0.717, 1.165) is 6.54 Å². The lowest BCUT2D eigenvalue weighted by atomic mass is 9.76. The van der Waals surface area contributed by atoms with Crippen molar-refractivity contribution < 1.29 is 4.79 Å². The van der Waals surface area contributed by atoms with Crippen LogP contribution < -0.4 is 5.32 Å². The van der Waals surface area contributed by atoms with Gasteiger partial charge in [-0.1, -0.05) is 33.3 Å². The Bertz CT molecular complexity index is 226. The second kappa shape index (κ2) is 2.92. The van der Waals surface area contributed by atoms with Gasteiger partial charge in [0.25, 0.3) is 0 Å². The molecule has 1 N–H and O–H groups in total. The average molecular weight is 167 g/mol. The molecule has 0 aromatic carbocycles. The van der Waals surface area contributed by atoms with E-state index in [0.29, 0.717) is 5.92 Å². The molecule has 0 aromatic heterocycles. The molecule has 0 atom stereocenters. The highest BCUT2D eigenvalue weighted by molar-refractivity contribution is 5.89. The van der Waals surface area contributed by atoms with E-state index in [1.807, 2.05) is 0 Å². The number of hydrogen-bond acceptors (Lipinski definition) is 1. The molecule has 2 heteroatoms. The lowest BCUT2D eigenvalue weighted by molar-refractivity contribution is -0.117. The molecule has 1 aliphatic heterocycles. The van der Waals surface area contributed by atoms with Crippen LogP contribution in [0.3, 0.4) is 0 Å². The van der Waals surface area contributed by atoms with E-state index in [9.17, 15) is 4.79 Å². The Hall–Kier alpha value is -0.790. The Morgan fingerprint density at radius 3 is 2.50 bits per heavy atom. The van der Waals surface area contributed by atoms with E-state index in [-0.39, 0.29) is 11.3 Å². The van der Waals surface area contributed by atoms with Gasteiger partial charge >= 0.3 is 0 Å². The van der Waals surface area contributed by atoms with Gasteiger partial charge in [-0.05, 0) is 5.92 Å². The van der Waals surface area contributed by atoms with Gasteiger partial charge in [-0.3, -0.25) is 4.79 Å². The molecule has 0 saturated heterocycles. The van der Waals surface area contributed by atoms with Crippen molar-refractivity contribution in [1.29, 1.82) is 0 Å². The molecule has 1 rings (SSSR count). The van der Waals surface area contributed by atoms with E-state index >= 15 is 0 Å². The highest BCUT2D eigenvalue weighted by atomic mass is 16.1. The summed E-state index contributed by atoms with van der Waals surface area (Å²) in [5, 5.41) is 2.84. The second-order valence-corrected chi connectivity index (χ2v) is 4.36. The van der Waals surface area contributed by atoms with Crippen LogP contribution in [-0.2, 0) is 4.79 Å². The lowest BCUT2D eigenvalue weighted by Gasteiger charge is -2.34. The minimum Gasteiger partial charge on any atom is -0.352 e. The zero-order valence-electron chi connectivity index (χ0n) is 8.27. The van der Waals surface area contributed by atoms with Crippen LogP contribution in [0.15, 0.2) is 11.6 Å². The summed E-state index contributed by atoms with van der Waals surface area (Å²) in [6, 6.07) is 0. The molecule has 0 fully saturated rings. The van der Waals surface area contributed by atoms with Crippen molar-refractivity contribution >= 4 is 5.91 Å². The maximum atomic E-state index is 11.1. The summed E-state index contributed by atoms with van der Waals surface area (Å²) < 4.78 is 0. The summed E-state index contributed by atoms with van der Waals surface area (Å²) in [6.45, 7) is 9.35. The van der Waals surface area contributed by atoms with Crippen molar-refractivity contribution in [3.05, 3.63) is 11.6 Å². The molecule has 68 valence electrons. The van der Waals surface area contributed by atoms with Crippen LogP contribution in [-0.4, -0.2) is 12.5 Å². The Morgan fingerprint density at radius 1 is 1.50 bits per heavy atom. The standard InChI is InChI=1S/C10H17NO/c1-7(2)8-5-9(12)11-6-10(8,3)4/h5,7H,6H2,1-4H3,(H,11,12). The van der Waals surface area contributed by atoms with Gasteiger partial charge in [0.15, 0.2) is 0 Å². The summed E-state index contributed by atoms with van der Waals surface area (Å²) in [5.41, 5.74) is 1.38. The summed E-state index contributed by atoms with van der Waals surface area (Å²) >= 11 is 0. The molecule has 0 unspecified atom stereocenters. The quantitative estimate of drug-likeness (QED) is 0.633. The van der Waals surface area contributed by atoms with E-state index in [4.69, 9.17) is 0 Å². The van der Waals surface area contributed by atoms with Crippen LogP contribution in [0.2, 0.25) is 0 Å². The monoisotopic (exact) mass is 167 g/mol. The van der Waals surface area contributed by atoms with Crippen LogP contribution in [0.4, 0.5) is 0 Å². The van der Waals surface area contributed by atoms with Gasteiger partial charge in [-0.25, -0.2) is 0 Å². The number of rotatable bonds is 1. The third-order valence-corrected chi connectivity index (χ3v) is 2.39. The first-order chi connectivity index (χ1) is 5.43. The van der Waals surface area contributed by atoms with Crippen LogP contribution in [0.1, 0.15) is 27.7 Å². The summed E-state index contributed by atoms with van der Waals surface area (Å²) in [5.74, 6) is 0.518. The zero-order chi connectivity index (χ0) is 9.35. The molecule has 1 heterocycles. The van der Waals surface area contributed by atoms with Gasteiger partial charge in [0, 0.05) is 18.0 Å². The van der Waals surface area contributed by atoms with E-state index < -0.39 is 0 Å². The Balaban J connectivity index is 2.96. The minimum atomic E-state index is 0.0537. The van der Waals surface area contributed by atoms with Crippen LogP contribution >= 0.6 is 0 Å². The Kier molecular flexibility index (Phi) is 2.27. The first-order valence-corrected chi connectivity index (χ1v) is 4.43. The fourth-order valence-electron chi connectivity index (χ4n) is 1.75. The first-order valence-electron chi connectivity index (χ1n) is 4.43. The lowest BCUT2D eigenvalue weighted by Crippen LogP contribution is -2.40. The van der Waals surface area contributed by atoms with Crippen LogP contribution in [0, 0.1) is 11.3 Å². The van der Waals surface area contributed by atoms with Gasteiger partial charge in [-0.15, -0.1) is 0 Å². The van der Waals surface area contributed by atoms with Crippen molar-refractivity contribution in [3.8, 4) is 0 Å². The van der Waals surface area contributed by atoms with Crippen molar-refractivity contribution in [2.24, 2.45) is 11.3 Å². The fraction of sp³-hybridized carbons (Fsp3) is 0.700. The van der Waals surface area contributed by atoms with E-state index in [2.05, 4.69) is 33.0 Å². The predicted molar refractivity (Wildman–Crippen MR) is 49.7 cm³/mol. The SMILES string of the molecule is CC(C)C1=CC(=O)NCC1(C)C. The topological polar surface area (TPSA) is 29.1 Å². The van der Waals surface area contributed by atoms with Gasteiger partial charge in [-0.2, -0.15) is 0 Å². The average Bonchev–Trinajstić information content (AvgIpc) is 1.94. The molecule has 0 aliphatic carbocycles. The summed E-state index contributed by atoms with van der Waals surface area (Å²) in [4.78, 5) is 11.1. The molecule has 1 amide bonds. The van der Waals surface area contributed by atoms with Crippen LogP contribution in [0.5, 0.6) is 0 Å². The number of nitrogens with one attached hydrogen (secondary N) is 1. The summed E-state index contributed by atoms with van der Waals surface area (Å²) in [6.07, 6.45) is 1.74.